The van der Waals surface area contributed by atoms with Gasteiger partial charge in [0.25, 0.3) is 0 Å². The van der Waals surface area contributed by atoms with Crippen molar-refractivity contribution in [2.75, 3.05) is 26.6 Å². The first kappa shape index (κ1) is 19.1. The SMILES string of the molecule is COc1ccc(C2CC(=O)Nc3c2cnn3-c2ccc(Cl)cc2)c(OC)c1OC. The van der Waals surface area contributed by atoms with Crippen LogP contribution in [-0.4, -0.2) is 37.0 Å². The van der Waals surface area contributed by atoms with Crippen LogP contribution in [-0.2, 0) is 4.79 Å². The van der Waals surface area contributed by atoms with Crippen molar-refractivity contribution >= 4 is 23.3 Å². The molecular weight excluding hydrogens is 394 g/mol. The average molecular weight is 414 g/mol. The van der Waals surface area contributed by atoms with Gasteiger partial charge in [0.2, 0.25) is 11.7 Å². The maximum Gasteiger partial charge on any atom is 0.226 e. The van der Waals surface area contributed by atoms with E-state index in [2.05, 4.69) is 10.4 Å². The van der Waals surface area contributed by atoms with Gasteiger partial charge in [-0.15, -0.1) is 0 Å². The van der Waals surface area contributed by atoms with E-state index in [1.54, 1.807) is 44.3 Å². The van der Waals surface area contributed by atoms with Gasteiger partial charge in [0.1, 0.15) is 5.82 Å². The Labute approximate surface area is 173 Å². The fourth-order valence-electron chi connectivity index (χ4n) is 3.67. The van der Waals surface area contributed by atoms with Crippen LogP contribution < -0.4 is 19.5 Å². The van der Waals surface area contributed by atoms with Gasteiger partial charge in [0, 0.05) is 28.5 Å². The predicted molar refractivity (Wildman–Crippen MR) is 110 cm³/mol. The molecule has 0 saturated heterocycles. The van der Waals surface area contributed by atoms with Crippen molar-refractivity contribution < 1.29 is 19.0 Å². The van der Waals surface area contributed by atoms with Crippen molar-refractivity contribution in [3.05, 3.63) is 58.7 Å². The van der Waals surface area contributed by atoms with Crippen LogP contribution in [0.3, 0.4) is 0 Å². The van der Waals surface area contributed by atoms with Crippen LogP contribution in [0.1, 0.15) is 23.5 Å². The number of ether oxygens (including phenoxy) is 3. The molecule has 1 aliphatic rings. The average Bonchev–Trinajstić information content (AvgIpc) is 3.16. The molecule has 7 nitrogen and oxygen atoms in total. The van der Waals surface area contributed by atoms with Gasteiger partial charge >= 0.3 is 0 Å². The summed E-state index contributed by atoms with van der Waals surface area (Å²) in [6, 6.07) is 11.0. The van der Waals surface area contributed by atoms with E-state index in [0.717, 1.165) is 16.8 Å². The zero-order chi connectivity index (χ0) is 20.5. The third-order valence-electron chi connectivity index (χ3n) is 5.00. The number of carbonyl (C=O) groups is 1. The Balaban J connectivity index is 1.85. The number of fused-ring (bicyclic) bond motifs is 1. The van der Waals surface area contributed by atoms with E-state index in [1.807, 2.05) is 24.3 Å². The quantitative estimate of drug-likeness (QED) is 0.683. The monoisotopic (exact) mass is 413 g/mol. The van der Waals surface area contributed by atoms with Gasteiger partial charge in [-0.3, -0.25) is 4.79 Å². The van der Waals surface area contributed by atoms with Crippen molar-refractivity contribution in [2.45, 2.75) is 12.3 Å². The summed E-state index contributed by atoms with van der Waals surface area (Å²) in [4.78, 5) is 12.6. The lowest BCUT2D eigenvalue weighted by Gasteiger charge is -2.26. The molecule has 8 heteroatoms. The van der Waals surface area contributed by atoms with Gasteiger partial charge < -0.3 is 19.5 Å². The molecule has 29 heavy (non-hydrogen) atoms. The highest BCUT2D eigenvalue weighted by atomic mass is 35.5. The first-order valence-electron chi connectivity index (χ1n) is 9.00. The standard InChI is InChI=1S/C21H20ClN3O4/c1-27-17-9-8-14(19(28-2)20(17)29-3)15-10-18(26)24-21-16(15)11-23-25(21)13-6-4-12(22)5-7-13/h4-9,11,15H,10H2,1-3H3,(H,24,26). The molecule has 0 saturated carbocycles. The van der Waals surface area contributed by atoms with E-state index in [9.17, 15) is 4.79 Å². The normalized spacial score (nSPS) is 15.4. The zero-order valence-electron chi connectivity index (χ0n) is 16.2. The number of hydrogen-bond donors (Lipinski definition) is 1. The molecule has 0 spiro atoms. The summed E-state index contributed by atoms with van der Waals surface area (Å²) in [5.74, 6) is 1.88. The number of benzene rings is 2. The van der Waals surface area contributed by atoms with Gasteiger partial charge in [0.05, 0.1) is 33.2 Å². The molecule has 0 aliphatic carbocycles. The number of methoxy groups -OCH3 is 3. The Morgan fingerprint density at radius 2 is 1.72 bits per heavy atom. The molecule has 2 aromatic carbocycles. The second kappa shape index (κ2) is 7.67. The smallest absolute Gasteiger partial charge is 0.226 e. The second-order valence-electron chi connectivity index (χ2n) is 6.57. The van der Waals surface area contributed by atoms with Gasteiger partial charge in [-0.1, -0.05) is 17.7 Å². The number of nitrogens with zero attached hydrogens (tertiary/aromatic N) is 2. The minimum Gasteiger partial charge on any atom is -0.493 e. The van der Waals surface area contributed by atoms with Gasteiger partial charge in [-0.25, -0.2) is 4.68 Å². The minimum atomic E-state index is -0.241. The lowest BCUT2D eigenvalue weighted by molar-refractivity contribution is -0.116. The van der Waals surface area contributed by atoms with E-state index < -0.39 is 0 Å². The molecule has 1 N–H and O–H groups in total. The number of rotatable bonds is 5. The number of amides is 1. The summed E-state index contributed by atoms with van der Waals surface area (Å²) < 4.78 is 18.2. The number of aromatic nitrogens is 2. The number of hydrogen-bond acceptors (Lipinski definition) is 5. The molecule has 4 rings (SSSR count). The van der Waals surface area contributed by atoms with E-state index in [-0.39, 0.29) is 18.2 Å². The van der Waals surface area contributed by atoms with Gasteiger partial charge in [0.15, 0.2) is 11.5 Å². The number of halogens is 1. The predicted octanol–water partition coefficient (Wildman–Crippen LogP) is 4.03. The highest BCUT2D eigenvalue weighted by Gasteiger charge is 2.33. The maximum atomic E-state index is 12.6. The van der Waals surface area contributed by atoms with Crippen molar-refractivity contribution in [1.82, 2.24) is 9.78 Å². The van der Waals surface area contributed by atoms with Gasteiger partial charge in [-0.05, 0) is 30.3 Å². The Morgan fingerprint density at radius 3 is 2.38 bits per heavy atom. The molecule has 1 amide bonds. The summed E-state index contributed by atoms with van der Waals surface area (Å²) in [6.07, 6.45) is 2.04. The summed E-state index contributed by atoms with van der Waals surface area (Å²) in [7, 11) is 4.70. The van der Waals surface area contributed by atoms with Crippen LogP contribution in [0.5, 0.6) is 17.2 Å². The molecule has 1 atom stereocenters. The van der Waals surface area contributed by atoms with Crippen molar-refractivity contribution in [3.8, 4) is 22.9 Å². The molecule has 3 aromatic rings. The number of anilines is 1. The van der Waals surface area contributed by atoms with Crippen LogP contribution in [0.25, 0.3) is 5.69 Å². The summed E-state index contributed by atoms with van der Waals surface area (Å²) >= 11 is 5.99. The topological polar surface area (TPSA) is 74.6 Å². The third-order valence-corrected chi connectivity index (χ3v) is 5.25. The van der Waals surface area contributed by atoms with E-state index in [4.69, 9.17) is 25.8 Å². The maximum absolute atomic E-state index is 12.6. The van der Waals surface area contributed by atoms with Crippen molar-refractivity contribution in [2.24, 2.45) is 0 Å². The Morgan fingerprint density at radius 1 is 1.00 bits per heavy atom. The molecule has 2 heterocycles. The van der Waals surface area contributed by atoms with Crippen LogP contribution >= 0.6 is 11.6 Å². The fourth-order valence-corrected chi connectivity index (χ4v) is 3.80. The zero-order valence-corrected chi connectivity index (χ0v) is 17.0. The minimum absolute atomic E-state index is 0.102. The van der Waals surface area contributed by atoms with Crippen molar-refractivity contribution in [1.29, 1.82) is 0 Å². The Bertz CT molecular complexity index is 1060. The number of carbonyl (C=O) groups excluding carboxylic acids is 1. The largest absolute Gasteiger partial charge is 0.493 e. The Kier molecular flexibility index (Phi) is 5.07. The van der Waals surface area contributed by atoms with E-state index in [0.29, 0.717) is 28.1 Å². The molecule has 1 aliphatic heterocycles. The Hall–Kier alpha value is -3.19. The van der Waals surface area contributed by atoms with Crippen LogP contribution in [0.4, 0.5) is 5.82 Å². The van der Waals surface area contributed by atoms with Crippen LogP contribution in [0.2, 0.25) is 5.02 Å². The summed E-state index contributed by atoms with van der Waals surface area (Å²) in [6.45, 7) is 0. The molecule has 1 unspecified atom stereocenters. The lowest BCUT2D eigenvalue weighted by Crippen LogP contribution is -2.25. The second-order valence-corrected chi connectivity index (χ2v) is 7.00. The molecule has 1 aromatic heterocycles. The third kappa shape index (κ3) is 3.27. The van der Waals surface area contributed by atoms with Crippen molar-refractivity contribution in [3.63, 3.8) is 0 Å². The van der Waals surface area contributed by atoms with E-state index >= 15 is 0 Å². The fraction of sp³-hybridized carbons (Fsp3) is 0.238. The lowest BCUT2D eigenvalue weighted by atomic mass is 9.86. The molecular formula is C21H20ClN3O4. The molecule has 0 radical (unpaired) electrons. The van der Waals surface area contributed by atoms with Crippen LogP contribution in [0, 0.1) is 0 Å². The number of nitrogens with one attached hydrogen (secondary N) is 1. The highest BCUT2D eigenvalue weighted by molar-refractivity contribution is 6.30. The highest BCUT2D eigenvalue weighted by Crippen LogP contribution is 2.47. The molecule has 150 valence electrons. The van der Waals surface area contributed by atoms with E-state index in [1.165, 1.54) is 0 Å². The summed E-state index contributed by atoms with van der Waals surface area (Å²) in [5.41, 5.74) is 2.53. The summed E-state index contributed by atoms with van der Waals surface area (Å²) in [5, 5.41) is 8.07. The molecule has 0 fully saturated rings. The first-order chi connectivity index (χ1) is 14.1. The molecule has 0 bridgehead atoms. The van der Waals surface area contributed by atoms with Crippen LogP contribution in [0.15, 0.2) is 42.6 Å². The van der Waals surface area contributed by atoms with Gasteiger partial charge in [-0.2, -0.15) is 5.10 Å². The first-order valence-corrected chi connectivity index (χ1v) is 9.37.